The maximum atomic E-state index is 4.53. The molecule has 79 valence electrons. The second kappa shape index (κ2) is 3.76. The van der Waals surface area contributed by atoms with E-state index in [0.29, 0.717) is 0 Å². The number of piperidine rings is 1. The zero-order valence-corrected chi connectivity index (χ0v) is 9.08. The Bertz CT molecular complexity index is 354. The van der Waals surface area contributed by atoms with Gasteiger partial charge >= 0.3 is 0 Å². The zero-order chi connectivity index (χ0) is 10.1. The van der Waals surface area contributed by atoms with E-state index in [1.54, 1.807) is 0 Å². The normalized spacial score (nSPS) is 19.9. The second-order valence-corrected chi connectivity index (χ2v) is 4.45. The fourth-order valence-corrected chi connectivity index (χ4v) is 2.69. The number of rotatable bonds is 1. The van der Waals surface area contributed by atoms with Crippen LogP contribution in [0.3, 0.4) is 0 Å². The second-order valence-electron chi connectivity index (χ2n) is 4.45. The van der Waals surface area contributed by atoms with Crippen molar-refractivity contribution in [1.29, 1.82) is 0 Å². The average Bonchev–Trinajstić information content (AvgIpc) is 2.78. The number of anilines is 1. The first-order chi connectivity index (χ1) is 7.45. The molecule has 1 saturated heterocycles. The molecule has 3 rings (SSSR count). The minimum atomic E-state index is 0.986. The summed E-state index contributed by atoms with van der Waals surface area (Å²) in [5, 5.41) is 4.53. The first-order valence-corrected chi connectivity index (χ1v) is 5.99. The molecule has 2 aliphatic heterocycles. The van der Waals surface area contributed by atoms with E-state index >= 15 is 0 Å². The Morgan fingerprint density at radius 1 is 1.07 bits per heavy atom. The van der Waals surface area contributed by atoms with Gasteiger partial charge in [-0.15, -0.1) is 0 Å². The van der Waals surface area contributed by atoms with Crippen LogP contribution in [0.1, 0.15) is 24.8 Å². The van der Waals surface area contributed by atoms with Crippen molar-refractivity contribution in [3.63, 3.8) is 0 Å². The fraction of sp³-hybridized carbons (Fsp3) is 0.538. The van der Waals surface area contributed by atoms with E-state index in [0.717, 1.165) is 13.0 Å². The molecule has 0 bridgehead atoms. The molecular weight excluding hydrogens is 184 g/mol. The predicted octanol–water partition coefficient (Wildman–Crippen LogP) is 2.47. The Balaban J connectivity index is 1.93. The third-order valence-corrected chi connectivity index (χ3v) is 3.47. The molecule has 2 heteroatoms. The van der Waals surface area contributed by atoms with Crippen LogP contribution in [0.2, 0.25) is 0 Å². The lowest BCUT2D eigenvalue weighted by atomic mass is 10.1. The molecule has 1 radical (unpaired) electrons. The van der Waals surface area contributed by atoms with Crippen molar-refractivity contribution in [3.8, 4) is 0 Å². The highest BCUT2D eigenvalue weighted by Crippen LogP contribution is 2.33. The number of hydrogen-bond acceptors (Lipinski definition) is 1. The number of fused-ring (bicyclic) bond motifs is 1. The summed E-state index contributed by atoms with van der Waals surface area (Å²) in [6.45, 7) is 3.45. The van der Waals surface area contributed by atoms with Gasteiger partial charge in [-0.2, -0.15) is 0 Å². The van der Waals surface area contributed by atoms with Crippen LogP contribution in [0, 0.1) is 0 Å². The van der Waals surface area contributed by atoms with E-state index in [2.05, 4.69) is 28.4 Å². The Morgan fingerprint density at radius 2 is 1.93 bits per heavy atom. The SMILES string of the molecule is c1cc2c(c(N3CCCCC3)c1)CC[N]2. The van der Waals surface area contributed by atoms with Gasteiger partial charge in [0.2, 0.25) is 0 Å². The van der Waals surface area contributed by atoms with Crippen molar-refractivity contribution in [2.75, 3.05) is 24.5 Å². The van der Waals surface area contributed by atoms with Gasteiger partial charge in [-0.1, -0.05) is 6.07 Å². The molecule has 0 unspecified atom stereocenters. The zero-order valence-electron chi connectivity index (χ0n) is 9.08. The minimum Gasteiger partial charge on any atom is -0.371 e. The Kier molecular flexibility index (Phi) is 2.28. The molecular formula is C13H17N2. The van der Waals surface area contributed by atoms with Crippen LogP contribution in [0.4, 0.5) is 11.4 Å². The van der Waals surface area contributed by atoms with E-state index in [9.17, 15) is 0 Å². The van der Waals surface area contributed by atoms with Gasteiger partial charge in [-0.25, -0.2) is 0 Å². The molecule has 15 heavy (non-hydrogen) atoms. The van der Waals surface area contributed by atoms with E-state index in [-0.39, 0.29) is 0 Å². The highest BCUT2D eigenvalue weighted by Gasteiger charge is 2.19. The summed E-state index contributed by atoms with van der Waals surface area (Å²) < 4.78 is 0. The molecule has 0 aromatic heterocycles. The van der Waals surface area contributed by atoms with Gasteiger partial charge in [0.15, 0.2) is 0 Å². The van der Waals surface area contributed by atoms with E-state index < -0.39 is 0 Å². The van der Waals surface area contributed by atoms with E-state index in [4.69, 9.17) is 0 Å². The van der Waals surface area contributed by atoms with Gasteiger partial charge in [-0.05, 0) is 37.8 Å². The van der Waals surface area contributed by atoms with Gasteiger partial charge in [0.25, 0.3) is 0 Å². The molecule has 0 saturated carbocycles. The lowest BCUT2D eigenvalue weighted by Crippen LogP contribution is -2.30. The Labute approximate surface area is 91.3 Å². The summed E-state index contributed by atoms with van der Waals surface area (Å²) in [6, 6.07) is 6.57. The van der Waals surface area contributed by atoms with Crippen molar-refractivity contribution in [2.24, 2.45) is 0 Å². The smallest absolute Gasteiger partial charge is 0.0627 e. The molecule has 2 heterocycles. The van der Waals surface area contributed by atoms with Crippen LogP contribution in [0.25, 0.3) is 0 Å². The van der Waals surface area contributed by atoms with Crippen molar-refractivity contribution in [2.45, 2.75) is 25.7 Å². The highest BCUT2D eigenvalue weighted by atomic mass is 15.1. The average molecular weight is 201 g/mol. The topological polar surface area (TPSA) is 17.3 Å². The summed E-state index contributed by atoms with van der Waals surface area (Å²) in [6.07, 6.45) is 5.24. The maximum Gasteiger partial charge on any atom is 0.0627 e. The molecule has 2 aliphatic rings. The molecule has 0 amide bonds. The van der Waals surface area contributed by atoms with Crippen molar-refractivity contribution < 1.29 is 0 Å². The molecule has 1 aromatic rings. The molecule has 0 aliphatic carbocycles. The Hall–Kier alpha value is -1.18. The first-order valence-electron chi connectivity index (χ1n) is 5.99. The number of hydrogen-bond donors (Lipinski definition) is 0. The molecule has 2 nitrogen and oxygen atoms in total. The summed E-state index contributed by atoms with van der Waals surface area (Å²) >= 11 is 0. The summed E-state index contributed by atoms with van der Waals surface area (Å²) in [5.74, 6) is 0. The van der Waals surface area contributed by atoms with Gasteiger partial charge < -0.3 is 4.90 Å². The third-order valence-electron chi connectivity index (χ3n) is 3.47. The van der Waals surface area contributed by atoms with Gasteiger partial charge in [-0.3, -0.25) is 5.32 Å². The van der Waals surface area contributed by atoms with Crippen molar-refractivity contribution in [3.05, 3.63) is 23.8 Å². The summed E-state index contributed by atoms with van der Waals surface area (Å²) in [4.78, 5) is 2.54. The Morgan fingerprint density at radius 3 is 2.80 bits per heavy atom. The summed E-state index contributed by atoms with van der Waals surface area (Å²) in [7, 11) is 0. The lowest BCUT2D eigenvalue weighted by Gasteiger charge is -2.30. The van der Waals surface area contributed by atoms with Crippen molar-refractivity contribution in [1.82, 2.24) is 5.32 Å². The predicted molar refractivity (Wildman–Crippen MR) is 62.9 cm³/mol. The molecule has 0 N–H and O–H groups in total. The minimum absolute atomic E-state index is 0.986. The molecule has 0 spiro atoms. The van der Waals surface area contributed by atoms with Crippen LogP contribution < -0.4 is 10.2 Å². The van der Waals surface area contributed by atoms with Gasteiger partial charge in [0.1, 0.15) is 0 Å². The number of benzene rings is 1. The summed E-state index contributed by atoms with van der Waals surface area (Å²) in [5.41, 5.74) is 4.17. The van der Waals surface area contributed by atoms with Gasteiger partial charge in [0.05, 0.1) is 5.69 Å². The van der Waals surface area contributed by atoms with Crippen LogP contribution in [-0.2, 0) is 6.42 Å². The van der Waals surface area contributed by atoms with Crippen LogP contribution in [0.15, 0.2) is 18.2 Å². The van der Waals surface area contributed by atoms with E-state index in [1.165, 1.54) is 49.3 Å². The monoisotopic (exact) mass is 201 g/mol. The van der Waals surface area contributed by atoms with Crippen molar-refractivity contribution >= 4 is 11.4 Å². The first kappa shape index (κ1) is 9.08. The highest BCUT2D eigenvalue weighted by molar-refractivity contribution is 5.66. The standard InChI is InChI=1S/C13H17N2/c1-2-9-15(10-3-1)13-6-4-5-12-11(13)7-8-14-12/h4-6H,1-3,7-10H2. The fourth-order valence-electron chi connectivity index (χ4n) is 2.69. The van der Waals surface area contributed by atoms with E-state index in [1.807, 2.05) is 0 Å². The largest absolute Gasteiger partial charge is 0.371 e. The van der Waals surface area contributed by atoms with Crippen LogP contribution in [0.5, 0.6) is 0 Å². The molecule has 1 aromatic carbocycles. The lowest BCUT2D eigenvalue weighted by molar-refractivity contribution is 0.577. The van der Waals surface area contributed by atoms with Gasteiger partial charge in [0, 0.05) is 30.9 Å². The third kappa shape index (κ3) is 1.58. The maximum absolute atomic E-state index is 4.53. The number of nitrogens with zero attached hydrogens (tertiary/aromatic N) is 2. The van der Waals surface area contributed by atoms with Crippen LogP contribution in [-0.4, -0.2) is 19.6 Å². The molecule has 1 fully saturated rings. The molecule has 0 atom stereocenters. The van der Waals surface area contributed by atoms with Crippen LogP contribution >= 0.6 is 0 Å². The quantitative estimate of drug-likeness (QED) is 0.682.